The molecule has 1 saturated heterocycles. The van der Waals surface area contributed by atoms with Crippen molar-refractivity contribution in [3.63, 3.8) is 0 Å². The first-order chi connectivity index (χ1) is 14.7. The number of piperazine rings is 1. The lowest BCUT2D eigenvalue weighted by molar-refractivity contribution is 0.120. The summed E-state index contributed by atoms with van der Waals surface area (Å²) in [6.07, 6.45) is 0. The number of aromatic nitrogens is 1. The fourth-order valence-electron chi connectivity index (χ4n) is 3.87. The molecule has 0 saturated carbocycles. The van der Waals surface area contributed by atoms with Gasteiger partial charge in [-0.3, -0.25) is 9.80 Å². The van der Waals surface area contributed by atoms with Gasteiger partial charge in [-0.05, 0) is 42.0 Å². The summed E-state index contributed by atoms with van der Waals surface area (Å²) in [6, 6.07) is 22.7. The van der Waals surface area contributed by atoms with Crippen LogP contribution < -0.4 is 9.47 Å². The Morgan fingerprint density at radius 2 is 1.40 bits per heavy atom. The quantitative estimate of drug-likeness (QED) is 0.594. The summed E-state index contributed by atoms with van der Waals surface area (Å²) in [5, 5.41) is 0. The Bertz CT molecular complexity index is 936. The number of nitrogens with zero attached hydrogens (tertiary/aromatic N) is 3. The average molecular weight is 404 g/mol. The Balaban J connectivity index is 1.41. The number of hydrogen-bond acceptors (Lipinski definition) is 5. The third-order valence-corrected chi connectivity index (χ3v) is 5.63. The molecule has 0 atom stereocenters. The molecule has 3 aromatic rings. The molecule has 30 heavy (non-hydrogen) atoms. The van der Waals surface area contributed by atoms with E-state index in [1.54, 1.807) is 14.2 Å². The highest BCUT2D eigenvalue weighted by Gasteiger charge is 2.19. The number of methoxy groups -OCH3 is 2. The van der Waals surface area contributed by atoms with Crippen molar-refractivity contribution in [1.29, 1.82) is 0 Å². The van der Waals surface area contributed by atoms with Crippen LogP contribution >= 0.6 is 0 Å². The van der Waals surface area contributed by atoms with Gasteiger partial charge in [-0.1, -0.05) is 30.3 Å². The maximum absolute atomic E-state index is 5.59. The average Bonchev–Trinajstić information content (AvgIpc) is 2.81. The Labute approximate surface area is 178 Å². The standard InChI is InChI=1S/C25H29N3O2/c1-29-22-10-8-21(9-11-22)23-12-13-25(30-2)24(26-23)19-28-16-14-27(15-17-28)18-20-6-4-3-5-7-20/h3-13H,14-19H2,1-2H3. The summed E-state index contributed by atoms with van der Waals surface area (Å²) in [5.74, 6) is 1.69. The Kier molecular flexibility index (Phi) is 6.62. The van der Waals surface area contributed by atoms with Crippen LogP contribution in [0.15, 0.2) is 66.7 Å². The lowest BCUT2D eigenvalue weighted by atomic mass is 10.1. The predicted octanol–water partition coefficient (Wildman–Crippen LogP) is 4.08. The first-order valence-electron chi connectivity index (χ1n) is 10.4. The maximum atomic E-state index is 5.59. The van der Waals surface area contributed by atoms with Crippen molar-refractivity contribution in [1.82, 2.24) is 14.8 Å². The largest absolute Gasteiger partial charge is 0.497 e. The van der Waals surface area contributed by atoms with Crippen LogP contribution in [0.2, 0.25) is 0 Å². The van der Waals surface area contributed by atoms with Gasteiger partial charge in [-0.25, -0.2) is 4.98 Å². The zero-order valence-electron chi connectivity index (χ0n) is 17.8. The van der Waals surface area contributed by atoms with Crippen molar-refractivity contribution in [2.24, 2.45) is 0 Å². The molecule has 2 heterocycles. The molecule has 0 unspecified atom stereocenters. The van der Waals surface area contributed by atoms with Crippen LogP contribution in [0, 0.1) is 0 Å². The van der Waals surface area contributed by atoms with Gasteiger partial charge in [0, 0.05) is 44.8 Å². The van der Waals surface area contributed by atoms with Gasteiger partial charge in [-0.15, -0.1) is 0 Å². The molecule has 0 aliphatic carbocycles. The van der Waals surface area contributed by atoms with Gasteiger partial charge in [-0.2, -0.15) is 0 Å². The molecule has 5 heteroatoms. The molecular weight excluding hydrogens is 374 g/mol. The second-order valence-electron chi connectivity index (χ2n) is 7.61. The molecule has 1 fully saturated rings. The van der Waals surface area contributed by atoms with Gasteiger partial charge in [0.05, 0.1) is 25.6 Å². The Morgan fingerprint density at radius 1 is 0.733 bits per heavy atom. The molecule has 5 nitrogen and oxygen atoms in total. The lowest BCUT2D eigenvalue weighted by Gasteiger charge is -2.34. The smallest absolute Gasteiger partial charge is 0.141 e. The van der Waals surface area contributed by atoms with Crippen LogP contribution in [0.5, 0.6) is 11.5 Å². The summed E-state index contributed by atoms with van der Waals surface area (Å²) < 4.78 is 10.9. The van der Waals surface area contributed by atoms with Gasteiger partial charge < -0.3 is 9.47 Å². The van der Waals surface area contributed by atoms with Crippen LogP contribution in [0.4, 0.5) is 0 Å². The predicted molar refractivity (Wildman–Crippen MR) is 120 cm³/mol. The highest BCUT2D eigenvalue weighted by molar-refractivity contribution is 5.61. The second kappa shape index (κ2) is 9.74. The van der Waals surface area contributed by atoms with E-state index in [-0.39, 0.29) is 0 Å². The summed E-state index contributed by atoms with van der Waals surface area (Å²) in [7, 11) is 3.39. The van der Waals surface area contributed by atoms with E-state index in [4.69, 9.17) is 14.5 Å². The van der Waals surface area contributed by atoms with E-state index in [1.165, 1.54) is 5.56 Å². The number of hydrogen-bond donors (Lipinski definition) is 0. The molecule has 0 N–H and O–H groups in total. The molecule has 1 aliphatic rings. The third kappa shape index (κ3) is 4.99. The molecule has 0 bridgehead atoms. The van der Waals surface area contributed by atoms with E-state index in [2.05, 4.69) is 40.1 Å². The topological polar surface area (TPSA) is 37.8 Å². The Morgan fingerprint density at radius 3 is 2.03 bits per heavy atom. The van der Waals surface area contributed by atoms with E-state index in [0.29, 0.717) is 0 Å². The van der Waals surface area contributed by atoms with Gasteiger partial charge >= 0.3 is 0 Å². The van der Waals surface area contributed by atoms with Gasteiger partial charge in [0.15, 0.2) is 0 Å². The first kappa shape index (κ1) is 20.4. The molecule has 2 aromatic carbocycles. The summed E-state index contributed by atoms with van der Waals surface area (Å²) in [6.45, 7) is 6.01. The van der Waals surface area contributed by atoms with E-state index in [1.807, 2.05) is 36.4 Å². The minimum Gasteiger partial charge on any atom is -0.497 e. The van der Waals surface area contributed by atoms with E-state index in [0.717, 1.165) is 67.7 Å². The molecule has 0 amide bonds. The highest BCUT2D eigenvalue weighted by Crippen LogP contribution is 2.26. The zero-order valence-corrected chi connectivity index (χ0v) is 17.8. The molecule has 1 aromatic heterocycles. The molecular formula is C25H29N3O2. The number of ether oxygens (including phenoxy) is 2. The second-order valence-corrected chi connectivity index (χ2v) is 7.61. The third-order valence-electron chi connectivity index (χ3n) is 5.63. The van der Waals surface area contributed by atoms with Crippen molar-refractivity contribution in [3.8, 4) is 22.8 Å². The minimum atomic E-state index is 0.798. The summed E-state index contributed by atoms with van der Waals surface area (Å²) in [4.78, 5) is 9.91. The maximum Gasteiger partial charge on any atom is 0.141 e. The van der Waals surface area contributed by atoms with Crippen LogP contribution in [-0.4, -0.2) is 55.2 Å². The molecule has 1 aliphatic heterocycles. The molecule has 4 rings (SSSR count). The number of pyridine rings is 1. The molecule has 0 spiro atoms. The monoisotopic (exact) mass is 403 g/mol. The minimum absolute atomic E-state index is 0.798. The van der Waals surface area contributed by atoms with Crippen LogP contribution in [0.3, 0.4) is 0 Å². The van der Waals surface area contributed by atoms with E-state index in [9.17, 15) is 0 Å². The van der Waals surface area contributed by atoms with Crippen LogP contribution in [0.25, 0.3) is 11.3 Å². The van der Waals surface area contributed by atoms with Crippen molar-refractivity contribution in [3.05, 3.63) is 78.0 Å². The van der Waals surface area contributed by atoms with Gasteiger partial charge in [0.25, 0.3) is 0 Å². The van der Waals surface area contributed by atoms with Gasteiger partial charge in [0.2, 0.25) is 0 Å². The first-order valence-corrected chi connectivity index (χ1v) is 10.4. The number of rotatable bonds is 7. The van der Waals surface area contributed by atoms with E-state index < -0.39 is 0 Å². The fourth-order valence-corrected chi connectivity index (χ4v) is 3.87. The van der Waals surface area contributed by atoms with Gasteiger partial charge in [0.1, 0.15) is 11.5 Å². The highest BCUT2D eigenvalue weighted by atomic mass is 16.5. The summed E-state index contributed by atoms with van der Waals surface area (Å²) in [5.41, 5.74) is 4.40. The van der Waals surface area contributed by atoms with Crippen molar-refractivity contribution >= 4 is 0 Å². The van der Waals surface area contributed by atoms with Crippen LogP contribution in [0.1, 0.15) is 11.3 Å². The summed E-state index contributed by atoms with van der Waals surface area (Å²) >= 11 is 0. The molecule has 156 valence electrons. The normalized spacial score (nSPS) is 15.1. The van der Waals surface area contributed by atoms with Crippen molar-refractivity contribution in [2.45, 2.75) is 13.1 Å². The van der Waals surface area contributed by atoms with E-state index >= 15 is 0 Å². The SMILES string of the molecule is COc1ccc(-c2ccc(OC)c(CN3CCN(Cc4ccccc4)CC3)n2)cc1. The fraction of sp³-hybridized carbons (Fsp3) is 0.320. The van der Waals surface area contributed by atoms with Crippen molar-refractivity contribution < 1.29 is 9.47 Å². The van der Waals surface area contributed by atoms with Crippen LogP contribution in [-0.2, 0) is 13.1 Å². The lowest BCUT2D eigenvalue weighted by Crippen LogP contribution is -2.45. The number of benzene rings is 2. The van der Waals surface area contributed by atoms with Crippen molar-refractivity contribution in [2.75, 3.05) is 40.4 Å². The molecule has 0 radical (unpaired) electrons. The Hall–Kier alpha value is -2.89. The zero-order chi connectivity index (χ0) is 20.8.